The van der Waals surface area contributed by atoms with Gasteiger partial charge in [-0.2, -0.15) is 0 Å². The Morgan fingerprint density at radius 1 is 0.688 bits per heavy atom. The maximum absolute atomic E-state index is 10.8. The largest absolute Gasteiger partial charge is 0.481 e. The van der Waals surface area contributed by atoms with Gasteiger partial charge in [-0.25, -0.2) is 0 Å². The minimum absolute atomic E-state index is 0.0642. The molecule has 0 amide bonds. The number of hydrogen-bond acceptors (Lipinski definition) is 4. The predicted molar refractivity (Wildman–Crippen MR) is 125 cm³/mol. The summed E-state index contributed by atoms with van der Waals surface area (Å²) in [4.78, 5) is 31.0. The van der Waals surface area contributed by atoms with E-state index in [2.05, 4.69) is 5.32 Å². The Bertz CT molecular complexity index is 866. The molecule has 0 saturated carbocycles. The van der Waals surface area contributed by atoms with E-state index in [4.69, 9.17) is 38.5 Å². The monoisotopic (exact) mass is 483 g/mol. The second-order valence-electron chi connectivity index (χ2n) is 7.00. The molecule has 2 aromatic rings. The van der Waals surface area contributed by atoms with Crippen molar-refractivity contribution in [1.82, 2.24) is 0 Å². The molecule has 0 saturated heterocycles. The lowest BCUT2D eigenvalue weighted by Gasteiger charge is -2.13. The minimum atomic E-state index is -0.889. The van der Waals surface area contributed by atoms with Crippen molar-refractivity contribution in [2.75, 3.05) is 5.32 Å². The average molecular weight is 484 g/mol. The van der Waals surface area contributed by atoms with E-state index >= 15 is 0 Å². The van der Waals surface area contributed by atoms with Crippen LogP contribution >= 0.6 is 23.2 Å². The average Bonchev–Trinajstić information content (AvgIpc) is 2.71. The number of carbonyl (C=O) groups is 3. The van der Waals surface area contributed by atoms with E-state index in [-0.39, 0.29) is 19.3 Å². The van der Waals surface area contributed by atoms with Crippen molar-refractivity contribution in [3.8, 4) is 0 Å². The number of para-hydroxylation sites is 2. The molecule has 0 bridgehead atoms. The van der Waals surface area contributed by atoms with Crippen LogP contribution in [0, 0.1) is 0 Å². The number of halogens is 2. The molecule has 2 aromatic carbocycles. The fourth-order valence-electron chi connectivity index (χ4n) is 2.79. The van der Waals surface area contributed by atoms with Gasteiger partial charge in [-0.1, -0.05) is 66.7 Å². The molecule has 32 heavy (non-hydrogen) atoms. The van der Waals surface area contributed by atoms with Crippen molar-refractivity contribution in [2.45, 2.75) is 51.4 Å². The molecule has 0 aromatic heterocycles. The van der Waals surface area contributed by atoms with Crippen molar-refractivity contribution < 1.29 is 29.7 Å². The van der Waals surface area contributed by atoms with Gasteiger partial charge in [0.1, 0.15) is 0 Å². The topological polar surface area (TPSA) is 124 Å². The van der Waals surface area contributed by atoms with Crippen molar-refractivity contribution in [2.24, 2.45) is 0 Å². The molecular weight excluding hydrogens is 457 g/mol. The summed E-state index contributed by atoms with van der Waals surface area (Å²) in [6, 6.07) is 12.3. The van der Waals surface area contributed by atoms with E-state index in [9.17, 15) is 14.4 Å². The SMILES string of the molecule is O=C(O)CCCCCCCC(=O)O.O=C(O)Cc1ccccc1Nc1c(Cl)cccc1Cl. The van der Waals surface area contributed by atoms with E-state index in [0.717, 1.165) is 19.3 Å². The highest BCUT2D eigenvalue weighted by atomic mass is 35.5. The number of rotatable bonds is 12. The van der Waals surface area contributed by atoms with Crippen molar-refractivity contribution in [1.29, 1.82) is 0 Å². The molecule has 0 aliphatic carbocycles. The number of carboxylic acid groups (broad SMARTS) is 3. The van der Waals surface area contributed by atoms with Crippen molar-refractivity contribution >= 4 is 52.5 Å². The first-order valence-electron chi connectivity index (χ1n) is 10.1. The molecule has 7 nitrogen and oxygen atoms in total. The van der Waals surface area contributed by atoms with Crippen LogP contribution < -0.4 is 5.32 Å². The van der Waals surface area contributed by atoms with Gasteiger partial charge in [0, 0.05) is 18.5 Å². The Labute approximate surface area is 197 Å². The molecule has 0 aliphatic heterocycles. The fourth-order valence-corrected chi connectivity index (χ4v) is 3.29. The van der Waals surface area contributed by atoms with Crippen LogP contribution in [0.1, 0.15) is 50.5 Å². The van der Waals surface area contributed by atoms with E-state index in [1.165, 1.54) is 0 Å². The lowest BCUT2D eigenvalue weighted by Crippen LogP contribution is -2.04. The Balaban J connectivity index is 0.000000347. The van der Waals surface area contributed by atoms with Gasteiger partial charge in [-0.3, -0.25) is 14.4 Å². The molecule has 0 aliphatic rings. The van der Waals surface area contributed by atoms with Crippen LogP contribution in [0.25, 0.3) is 0 Å². The Hall–Kier alpha value is -2.77. The van der Waals surface area contributed by atoms with Gasteiger partial charge in [-0.05, 0) is 36.6 Å². The van der Waals surface area contributed by atoms with Gasteiger partial charge >= 0.3 is 17.9 Å². The fraction of sp³-hybridized carbons (Fsp3) is 0.348. The molecule has 0 spiro atoms. The van der Waals surface area contributed by atoms with Crippen LogP contribution in [0.15, 0.2) is 42.5 Å². The summed E-state index contributed by atoms with van der Waals surface area (Å²) in [6.45, 7) is 0. The van der Waals surface area contributed by atoms with E-state index in [1.54, 1.807) is 36.4 Å². The molecular formula is C23H27Cl2NO6. The summed E-state index contributed by atoms with van der Waals surface area (Å²) in [5.41, 5.74) is 1.93. The zero-order chi connectivity index (χ0) is 23.9. The number of aliphatic carboxylic acids is 3. The summed E-state index contributed by atoms with van der Waals surface area (Å²) >= 11 is 12.1. The molecule has 0 fully saturated rings. The third kappa shape index (κ3) is 11.6. The summed E-state index contributed by atoms with van der Waals surface area (Å²) in [6.07, 6.45) is 4.46. The van der Waals surface area contributed by atoms with Crippen LogP contribution in [0.3, 0.4) is 0 Å². The predicted octanol–water partition coefficient (Wildman–Crippen LogP) is 6.25. The number of anilines is 2. The molecule has 4 N–H and O–H groups in total. The molecule has 9 heteroatoms. The lowest BCUT2D eigenvalue weighted by atomic mass is 10.1. The van der Waals surface area contributed by atoms with Crippen molar-refractivity contribution in [3.63, 3.8) is 0 Å². The van der Waals surface area contributed by atoms with Crippen LogP contribution in [0.4, 0.5) is 11.4 Å². The molecule has 174 valence electrons. The van der Waals surface area contributed by atoms with E-state index in [1.807, 2.05) is 6.07 Å². The molecule has 2 rings (SSSR count). The molecule has 0 heterocycles. The molecule has 0 atom stereocenters. The minimum Gasteiger partial charge on any atom is -0.481 e. The summed E-state index contributed by atoms with van der Waals surface area (Å²) < 4.78 is 0. The Morgan fingerprint density at radius 3 is 1.69 bits per heavy atom. The first kappa shape index (κ1) is 27.3. The van der Waals surface area contributed by atoms with Gasteiger partial charge in [0.25, 0.3) is 0 Å². The number of unbranched alkanes of at least 4 members (excludes halogenated alkanes) is 4. The highest BCUT2D eigenvalue weighted by molar-refractivity contribution is 6.39. The first-order chi connectivity index (χ1) is 15.2. The zero-order valence-corrected chi connectivity index (χ0v) is 19.0. The standard InChI is InChI=1S/C14H11Cl2NO2.C9H16O4/c15-10-5-3-6-11(16)14(10)17-12-7-2-1-4-9(12)8-13(18)19;10-8(11)6-4-2-1-3-5-7-9(12)13/h1-7,17H,8H2,(H,18,19);1-7H2,(H,10,11)(H,12,13). The van der Waals surface area contributed by atoms with Gasteiger partial charge in [0.2, 0.25) is 0 Å². The second kappa shape index (κ2) is 15.1. The summed E-state index contributed by atoms with van der Waals surface area (Å²) in [5, 5.41) is 29.6. The van der Waals surface area contributed by atoms with Gasteiger partial charge in [-0.15, -0.1) is 0 Å². The normalized spacial score (nSPS) is 10.1. The van der Waals surface area contributed by atoms with Gasteiger partial charge < -0.3 is 20.6 Å². The lowest BCUT2D eigenvalue weighted by molar-refractivity contribution is -0.138. The van der Waals surface area contributed by atoms with E-state index in [0.29, 0.717) is 39.8 Å². The highest BCUT2D eigenvalue weighted by Gasteiger charge is 2.10. The number of nitrogens with one attached hydrogen (secondary N) is 1. The summed E-state index contributed by atoms with van der Waals surface area (Å²) in [7, 11) is 0. The Morgan fingerprint density at radius 2 is 1.19 bits per heavy atom. The number of benzene rings is 2. The smallest absolute Gasteiger partial charge is 0.307 e. The van der Waals surface area contributed by atoms with Crippen LogP contribution in [0.5, 0.6) is 0 Å². The van der Waals surface area contributed by atoms with Crippen LogP contribution in [0.2, 0.25) is 10.0 Å². The van der Waals surface area contributed by atoms with Crippen molar-refractivity contribution in [3.05, 3.63) is 58.1 Å². The van der Waals surface area contributed by atoms with Gasteiger partial charge in [0.15, 0.2) is 0 Å². The third-order valence-corrected chi connectivity index (χ3v) is 4.99. The quantitative estimate of drug-likeness (QED) is 0.263. The van der Waals surface area contributed by atoms with E-state index < -0.39 is 17.9 Å². The number of hydrogen-bond donors (Lipinski definition) is 4. The third-order valence-electron chi connectivity index (χ3n) is 4.36. The second-order valence-corrected chi connectivity index (χ2v) is 7.82. The summed E-state index contributed by atoms with van der Waals surface area (Å²) in [5.74, 6) is -2.41. The van der Waals surface area contributed by atoms with Crippen LogP contribution in [-0.4, -0.2) is 33.2 Å². The van der Waals surface area contributed by atoms with Gasteiger partial charge in [0.05, 0.1) is 22.2 Å². The molecule has 0 unspecified atom stereocenters. The molecule has 0 radical (unpaired) electrons. The number of carboxylic acids is 3. The first-order valence-corrected chi connectivity index (χ1v) is 10.9. The zero-order valence-electron chi connectivity index (χ0n) is 17.5. The van der Waals surface area contributed by atoms with Crippen LogP contribution in [-0.2, 0) is 20.8 Å². The highest BCUT2D eigenvalue weighted by Crippen LogP contribution is 2.33. The maximum atomic E-state index is 10.8. The maximum Gasteiger partial charge on any atom is 0.307 e. The Kier molecular flexibility index (Phi) is 12.9.